The molecule has 1 heterocycles. The lowest BCUT2D eigenvalue weighted by Crippen LogP contribution is -2.47. The van der Waals surface area contributed by atoms with Crippen molar-refractivity contribution in [2.45, 2.75) is 38.5 Å². The highest BCUT2D eigenvalue weighted by Crippen LogP contribution is 2.27. The Morgan fingerprint density at radius 1 is 1.59 bits per heavy atom. The van der Waals surface area contributed by atoms with Crippen molar-refractivity contribution in [3.8, 4) is 0 Å². The van der Waals surface area contributed by atoms with Crippen molar-refractivity contribution >= 4 is 27.5 Å². The fraction of sp³-hybridized carbons (Fsp3) is 0.538. The summed E-state index contributed by atoms with van der Waals surface area (Å²) in [7, 11) is 0. The number of hydrogen-bond donors (Lipinski definition) is 1. The van der Waals surface area contributed by atoms with E-state index >= 15 is 0 Å². The third-order valence-corrected chi connectivity index (χ3v) is 4.78. The molecule has 0 spiro atoms. The van der Waals surface area contributed by atoms with Crippen LogP contribution in [0.3, 0.4) is 0 Å². The van der Waals surface area contributed by atoms with Crippen molar-refractivity contribution in [1.29, 1.82) is 0 Å². The summed E-state index contributed by atoms with van der Waals surface area (Å²) in [6, 6.07) is 6.02. The van der Waals surface area contributed by atoms with Gasteiger partial charge in [0.15, 0.2) is 0 Å². The van der Waals surface area contributed by atoms with Crippen LogP contribution in [0.25, 0.3) is 0 Å². The van der Waals surface area contributed by atoms with Gasteiger partial charge in [0.1, 0.15) is 0 Å². The Kier molecular flexibility index (Phi) is 4.14. The van der Waals surface area contributed by atoms with Gasteiger partial charge in [-0.05, 0) is 53.9 Å². The third kappa shape index (κ3) is 3.02. The number of rotatable bonds is 3. The molecule has 0 amide bonds. The van der Waals surface area contributed by atoms with Crippen LogP contribution in [0.2, 0.25) is 5.02 Å². The molecular formula is C13H17BrClNO. The zero-order valence-corrected chi connectivity index (χ0v) is 12.4. The first-order chi connectivity index (χ1) is 8.01. The van der Waals surface area contributed by atoms with Gasteiger partial charge in [0.05, 0.1) is 11.1 Å². The van der Waals surface area contributed by atoms with Crippen molar-refractivity contribution in [1.82, 2.24) is 5.32 Å². The van der Waals surface area contributed by atoms with Crippen molar-refractivity contribution in [3.63, 3.8) is 0 Å². The molecule has 17 heavy (non-hydrogen) atoms. The Balaban J connectivity index is 2.00. The standard InChI is InChI=1S/C13H17BrClNO/c1-9-13(2,5-6-17-9)16-8-10-3-4-12(15)11(14)7-10/h3-4,7,9,16H,5-6,8H2,1-2H3. The van der Waals surface area contributed by atoms with Crippen LogP contribution in [0.15, 0.2) is 22.7 Å². The summed E-state index contributed by atoms with van der Waals surface area (Å²) in [6.45, 7) is 6.02. The number of ether oxygens (including phenoxy) is 1. The van der Waals surface area contributed by atoms with E-state index in [1.165, 1.54) is 5.56 Å². The maximum absolute atomic E-state index is 5.97. The molecule has 1 aromatic rings. The first-order valence-corrected chi connectivity index (χ1v) is 6.99. The average Bonchev–Trinajstić information content (AvgIpc) is 2.62. The molecule has 0 saturated carbocycles. The zero-order chi connectivity index (χ0) is 12.5. The highest BCUT2D eigenvalue weighted by Gasteiger charge is 2.36. The van der Waals surface area contributed by atoms with Crippen LogP contribution in [0.1, 0.15) is 25.8 Å². The van der Waals surface area contributed by atoms with Crippen molar-refractivity contribution < 1.29 is 4.74 Å². The molecule has 2 unspecified atom stereocenters. The lowest BCUT2D eigenvalue weighted by Gasteiger charge is -2.29. The maximum Gasteiger partial charge on any atom is 0.0726 e. The quantitative estimate of drug-likeness (QED) is 0.916. The van der Waals surface area contributed by atoms with Gasteiger partial charge in [-0.25, -0.2) is 0 Å². The molecule has 1 N–H and O–H groups in total. The largest absolute Gasteiger partial charge is 0.377 e. The van der Waals surface area contributed by atoms with E-state index in [4.69, 9.17) is 16.3 Å². The number of benzene rings is 1. The fourth-order valence-corrected chi connectivity index (χ4v) is 2.56. The highest BCUT2D eigenvalue weighted by molar-refractivity contribution is 9.10. The molecule has 1 aliphatic rings. The summed E-state index contributed by atoms with van der Waals surface area (Å²) in [5.41, 5.74) is 1.30. The smallest absolute Gasteiger partial charge is 0.0726 e. The summed E-state index contributed by atoms with van der Waals surface area (Å²) in [6.07, 6.45) is 1.32. The number of hydrogen-bond acceptors (Lipinski definition) is 2. The monoisotopic (exact) mass is 317 g/mol. The Hall–Kier alpha value is -0.0900. The van der Waals surface area contributed by atoms with E-state index in [0.717, 1.165) is 29.1 Å². The van der Waals surface area contributed by atoms with Crippen molar-refractivity contribution in [2.24, 2.45) is 0 Å². The minimum atomic E-state index is 0.0755. The van der Waals surface area contributed by atoms with Gasteiger partial charge >= 0.3 is 0 Å². The van der Waals surface area contributed by atoms with E-state index < -0.39 is 0 Å². The van der Waals surface area contributed by atoms with Gasteiger partial charge in [-0.1, -0.05) is 17.7 Å². The molecule has 1 aromatic carbocycles. The predicted molar refractivity (Wildman–Crippen MR) is 74.4 cm³/mol. The van der Waals surface area contributed by atoms with Gasteiger partial charge in [-0.3, -0.25) is 0 Å². The molecule has 0 bridgehead atoms. The van der Waals surface area contributed by atoms with Crippen LogP contribution in [0.5, 0.6) is 0 Å². The van der Waals surface area contributed by atoms with E-state index in [9.17, 15) is 0 Å². The number of nitrogens with one attached hydrogen (secondary N) is 1. The lowest BCUT2D eigenvalue weighted by atomic mass is 9.94. The van der Waals surface area contributed by atoms with Crippen LogP contribution in [0, 0.1) is 0 Å². The SMILES string of the molecule is CC1OCCC1(C)NCc1ccc(Cl)c(Br)c1. The molecule has 0 aliphatic carbocycles. The topological polar surface area (TPSA) is 21.3 Å². The van der Waals surface area contributed by atoms with Crippen LogP contribution in [-0.2, 0) is 11.3 Å². The minimum Gasteiger partial charge on any atom is -0.377 e. The molecule has 94 valence electrons. The molecule has 1 aliphatic heterocycles. The minimum absolute atomic E-state index is 0.0755. The fourth-order valence-electron chi connectivity index (χ4n) is 2.02. The van der Waals surface area contributed by atoms with Gasteiger partial charge in [-0.15, -0.1) is 0 Å². The van der Waals surface area contributed by atoms with E-state index in [0.29, 0.717) is 0 Å². The van der Waals surface area contributed by atoms with E-state index in [1.54, 1.807) is 0 Å². The van der Waals surface area contributed by atoms with Gasteiger partial charge in [0.25, 0.3) is 0 Å². The summed E-state index contributed by atoms with van der Waals surface area (Å²) >= 11 is 9.41. The third-order valence-electron chi connectivity index (χ3n) is 3.57. The summed E-state index contributed by atoms with van der Waals surface area (Å²) in [5, 5.41) is 4.33. The van der Waals surface area contributed by atoms with Gasteiger partial charge in [0.2, 0.25) is 0 Å². The molecular weight excluding hydrogens is 302 g/mol. The van der Waals surface area contributed by atoms with Gasteiger partial charge in [-0.2, -0.15) is 0 Å². The number of halogens is 2. The Labute approximate surface area is 116 Å². The molecule has 0 aromatic heterocycles. The second kappa shape index (κ2) is 5.27. The van der Waals surface area contributed by atoms with Crippen LogP contribution in [0.4, 0.5) is 0 Å². The molecule has 2 nitrogen and oxygen atoms in total. The van der Waals surface area contributed by atoms with Crippen LogP contribution < -0.4 is 5.32 Å². The molecule has 1 fully saturated rings. The Morgan fingerprint density at radius 3 is 2.94 bits per heavy atom. The first-order valence-electron chi connectivity index (χ1n) is 5.82. The van der Waals surface area contributed by atoms with Crippen LogP contribution in [-0.4, -0.2) is 18.2 Å². The van der Waals surface area contributed by atoms with E-state index in [1.807, 2.05) is 12.1 Å². The van der Waals surface area contributed by atoms with Gasteiger partial charge in [0, 0.05) is 23.2 Å². The second-order valence-corrected chi connectivity index (χ2v) is 6.04. The van der Waals surface area contributed by atoms with Crippen molar-refractivity contribution in [2.75, 3.05) is 6.61 Å². The van der Waals surface area contributed by atoms with Crippen molar-refractivity contribution in [3.05, 3.63) is 33.3 Å². The maximum atomic E-state index is 5.97. The average molecular weight is 319 g/mol. The molecule has 0 radical (unpaired) electrons. The van der Waals surface area contributed by atoms with E-state index in [-0.39, 0.29) is 11.6 Å². The molecule has 4 heteroatoms. The predicted octanol–water partition coefficient (Wildman–Crippen LogP) is 3.76. The summed E-state index contributed by atoms with van der Waals surface area (Å²) < 4.78 is 6.55. The summed E-state index contributed by atoms with van der Waals surface area (Å²) in [5.74, 6) is 0. The lowest BCUT2D eigenvalue weighted by molar-refractivity contribution is 0.0881. The molecule has 2 atom stereocenters. The van der Waals surface area contributed by atoms with Gasteiger partial charge < -0.3 is 10.1 Å². The molecule has 2 rings (SSSR count). The van der Waals surface area contributed by atoms with Crippen LogP contribution >= 0.6 is 27.5 Å². The Bertz CT molecular complexity index is 412. The normalized spacial score (nSPS) is 28.6. The first kappa shape index (κ1) is 13.3. The highest BCUT2D eigenvalue weighted by atomic mass is 79.9. The zero-order valence-electron chi connectivity index (χ0n) is 10.1. The van der Waals surface area contributed by atoms with E-state index in [2.05, 4.69) is 41.2 Å². The molecule has 1 saturated heterocycles. The second-order valence-electron chi connectivity index (χ2n) is 4.78. The Morgan fingerprint density at radius 2 is 2.35 bits per heavy atom. The summed E-state index contributed by atoms with van der Waals surface area (Å²) in [4.78, 5) is 0.